The van der Waals surface area contributed by atoms with Crippen LogP contribution in [0.5, 0.6) is 0 Å². The monoisotopic (exact) mass is 263 g/mol. The van der Waals surface area contributed by atoms with Gasteiger partial charge in [-0.1, -0.05) is 0 Å². The van der Waals surface area contributed by atoms with Crippen LogP contribution in [0.25, 0.3) is 0 Å². The Labute approximate surface area is 88.9 Å². The van der Waals surface area contributed by atoms with E-state index in [1.807, 2.05) is 6.92 Å². The number of aliphatic carboxylic acids is 1. The number of aromatic nitrogens is 1. The highest BCUT2D eigenvalue weighted by molar-refractivity contribution is 9.11. The molecular formula is C8H10BrNO2S. The van der Waals surface area contributed by atoms with Crippen LogP contribution in [0.1, 0.15) is 23.4 Å². The van der Waals surface area contributed by atoms with E-state index in [2.05, 4.69) is 20.9 Å². The number of carboxylic acids is 1. The summed E-state index contributed by atoms with van der Waals surface area (Å²) >= 11 is 4.87. The molecule has 1 N–H and O–H groups in total. The molecule has 0 amide bonds. The van der Waals surface area contributed by atoms with Gasteiger partial charge in [0.2, 0.25) is 0 Å². The maximum Gasteiger partial charge on any atom is 0.303 e. The van der Waals surface area contributed by atoms with Gasteiger partial charge in [-0.25, -0.2) is 4.98 Å². The van der Waals surface area contributed by atoms with Crippen LogP contribution in [0, 0.1) is 6.92 Å². The molecule has 1 heterocycles. The molecule has 0 aliphatic heterocycles. The smallest absolute Gasteiger partial charge is 0.303 e. The maximum absolute atomic E-state index is 10.3. The fraction of sp³-hybridized carbons (Fsp3) is 0.500. The van der Waals surface area contributed by atoms with E-state index >= 15 is 0 Å². The van der Waals surface area contributed by atoms with Crippen LogP contribution < -0.4 is 0 Å². The lowest BCUT2D eigenvalue weighted by molar-refractivity contribution is -0.137. The van der Waals surface area contributed by atoms with E-state index in [4.69, 9.17) is 5.11 Å². The van der Waals surface area contributed by atoms with Crippen LogP contribution in [-0.2, 0) is 11.2 Å². The molecule has 0 bridgehead atoms. The van der Waals surface area contributed by atoms with Gasteiger partial charge in [0.15, 0.2) is 3.92 Å². The minimum atomic E-state index is -0.735. The Hall–Kier alpha value is -0.420. The molecule has 0 atom stereocenters. The second kappa shape index (κ2) is 4.72. The van der Waals surface area contributed by atoms with E-state index in [0.29, 0.717) is 6.42 Å². The summed E-state index contributed by atoms with van der Waals surface area (Å²) in [5, 5.41) is 8.44. The predicted molar refractivity (Wildman–Crippen MR) is 55.1 cm³/mol. The third-order valence-electron chi connectivity index (χ3n) is 1.66. The summed E-state index contributed by atoms with van der Waals surface area (Å²) in [6.45, 7) is 1.94. The molecule has 3 nitrogen and oxygen atoms in total. The molecule has 0 aliphatic rings. The summed E-state index contributed by atoms with van der Waals surface area (Å²) in [6.07, 6.45) is 1.72. The molecule has 0 spiro atoms. The zero-order valence-corrected chi connectivity index (χ0v) is 9.61. The van der Waals surface area contributed by atoms with Gasteiger partial charge >= 0.3 is 5.97 Å². The van der Waals surface area contributed by atoms with Crippen LogP contribution in [0.15, 0.2) is 3.92 Å². The Balaban J connectivity index is 2.45. The van der Waals surface area contributed by atoms with Gasteiger partial charge in [0.25, 0.3) is 0 Å². The molecule has 72 valence electrons. The van der Waals surface area contributed by atoms with Crippen molar-refractivity contribution in [2.45, 2.75) is 26.2 Å². The van der Waals surface area contributed by atoms with Crippen molar-refractivity contribution in [2.75, 3.05) is 0 Å². The first-order chi connectivity index (χ1) is 6.09. The number of rotatable bonds is 4. The molecule has 0 aliphatic carbocycles. The lowest BCUT2D eigenvalue weighted by atomic mass is 10.2. The number of aryl methyl sites for hydroxylation is 2. The van der Waals surface area contributed by atoms with Gasteiger partial charge in [-0.15, -0.1) is 11.3 Å². The van der Waals surface area contributed by atoms with Crippen LogP contribution >= 0.6 is 27.3 Å². The quantitative estimate of drug-likeness (QED) is 0.909. The molecule has 0 radical (unpaired) electrons. The second-order valence-electron chi connectivity index (χ2n) is 2.72. The van der Waals surface area contributed by atoms with Gasteiger partial charge in [-0.2, -0.15) is 0 Å². The Morgan fingerprint density at radius 1 is 1.69 bits per heavy atom. The van der Waals surface area contributed by atoms with Gasteiger partial charge in [-0.3, -0.25) is 4.79 Å². The topological polar surface area (TPSA) is 50.2 Å². The van der Waals surface area contributed by atoms with Gasteiger partial charge in [-0.05, 0) is 35.7 Å². The first-order valence-corrected chi connectivity index (χ1v) is 5.54. The van der Waals surface area contributed by atoms with Crippen LogP contribution in [0.2, 0.25) is 0 Å². The van der Waals surface area contributed by atoms with Crippen molar-refractivity contribution in [2.24, 2.45) is 0 Å². The normalized spacial score (nSPS) is 10.3. The lowest BCUT2D eigenvalue weighted by Gasteiger charge is -1.95. The molecule has 5 heteroatoms. The van der Waals surface area contributed by atoms with Crippen molar-refractivity contribution in [3.63, 3.8) is 0 Å². The largest absolute Gasteiger partial charge is 0.481 e. The summed E-state index contributed by atoms with van der Waals surface area (Å²) in [5.41, 5.74) is 1.00. The van der Waals surface area contributed by atoms with E-state index in [1.165, 1.54) is 4.88 Å². The molecule has 0 unspecified atom stereocenters. The Morgan fingerprint density at radius 2 is 2.38 bits per heavy atom. The molecular weight excluding hydrogens is 254 g/mol. The highest BCUT2D eigenvalue weighted by atomic mass is 79.9. The minimum absolute atomic E-state index is 0.231. The van der Waals surface area contributed by atoms with E-state index in [1.54, 1.807) is 11.3 Å². The Bertz CT molecular complexity index is 311. The number of hydrogen-bond acceptors (Lipinski definition) is 3. The third-order valence-corrected chi connectivity index (χ3v) is 3.33. The van der Waals surface area contributed by atoms with E-state index in [0.717, 1.165) is 16.0 Å². The summed E-state index contributed by atoms with van der Waals surface area (Å²) in [7, 11) is 0. The number of halogens is 1. The van der Waals surface area contributed by atoms with Crippen LogP contribution in [0.3, 0.4) is 0 Å². The number of hydrogen-bond donors (Lipinski definition) is 1. The fourth-order valence-electron chi connectivity index (χ4n) is 1.02. The van der Waals surface area contributed by atoms with Crippen molar-refractivity contribution >= 4 is 33.2 Å². The zero-order valence-electron chi connectivity index (χ0n) is 7.21. The fourth-order valence-corrected chi connectivity index (χ4v) is 2.70. The van der Waals surface area contributed by atoms with Crippen molar-refractivity contribution in [1.82, 2.24) is 4.98 Å². The van der Waals surface area contributed by atoms with Crippen molar-refractivity contribution in [1.29, 1.82) is 0 Å². The maximum atomic E-state index is 10.3. The van der Waals surface area contributed by atoms with Crippen molar-refractivity contribution in [3.8, 4) is 0 Å². The van der Waals surface area contributed by atoms with Crippen LogP contribution in [0.4, 0.5) is 0 Å². The molecule has 0 saturated carbocycles. The zero-order chi connectivity index (χ0) is 9.84. The van der Waals surface area contributed by atoms with Crippen molar-refractivity contribution in [3.05, 3.63) is 14.5 Å². The SMILES string of the molecule is Cc1nc(Br)sc1CCCC(=O)O. The van der Waals surface area contributed by atoms with Gasteiger partial charge in [0.1, 0.15) is 0 Å². The molecule has 13 heavy (non-hydrogen) atoms. The van der Waals surface area contributed by atoms with Crippen molar-refractivity contribution < 1.29 is 9.90 Å². The first kappa shape index (κ1) is 10.7. The average Bonchev–Trinajstić information content (AvgIpc) is 2.29. The summed E-state index contributed by atoms with van der Waals surface area (Å²) < 4.78 is 0.871. The molecule has 1 aromatic heterocycles. The summed E-state index contributed by atoms with van der Waals surface area (Å²) in [4.78, 5) is 15.6. The van der Waals surface area contributed by atoms with E-state index in [-0.39, 0.29) is 6.42 Å². The summed E-state index contributed by atoms with van der Waals surface area (Å²) in [6, 6.07) is 0. The molecule has 1 aromatic rings. The highest BCUT2D eigenvalue weighted by Gasteiger charge is 2.06. The number of thiazole rings is 1. The lowest BCUT2D eigenvalue weighted by Crippen LogP contribution is -1.95. The first-order valence-electron chi connectivity index (χ1n) is 3.93. The average molecular weight is 264 g/mol. The number of nitrogens with zero attached hydrogens (tertiary/aromatic N) is 1. The number of carboxylic acid groups (broad SMARTS) is 1. The van der Waals surface area contributed by atoms with Gasteiger partial charge < -0.3 is 5.11 Å². The van der Waals surface area contributed by atoms with Crippen LogP contribution in [-0.4, -0.2) is 16.1 Å². The predicted octanol–water partition coefficient (Wildman–Crippen LogP) is 2.62. The third kappa shape index (κ3) is 3.44. The molecule has 1 rings (SSSR count). The van der Waals surface area contributed by atoms with E-state index in [9.17, 15) is 4.79 Å². The second-order valence-corrected chi connectivity index (χ2v) is 5.08. The number of carbonyl (C=O) groups is 1. The minimum Gasteiger partial charge on any atom is -0.481 e. The summed E-state index contributed by atoms with van der Waals surface area (Å²) in [5.74, 6) is -0.735. The molecule has 0 fully saturated rings. The van der Waals surface area contributed by atoms with E-state index < -0.39 is 5.97 Å². The molecule has 0 aromatic carbocycles. The highest BCUT2D eigenvalue weighted by Crippen LogP contribution is 2.24. The Kier molecular flexibility index (Phi) is 3.87. The standard InChI is InChI=1S/C8H10BrNO2S/c1-5-6(13-8(9)10-5)3-2-4-7(11)12/h2-4H2,1H3,(H,11,12). The Morgan fingerprint density at radius 3 is 2.85 bits per heavy atom. The van der Waals surface area contributed by atoms with Gasteiger partial charge in [0.05, 0.1) is 5.69 Å². The van der Waals surface area contributed by atoms with Gasteiger partial charge in [0, 0.05) is 11.3 Å². The molecule has 0 saturated heterocycles.